The normalized spacial score (nSPS) is 23.3. The number of aliphatic hydroxyl groups is 1. The van der Waals surface area contributed by atoms with E-state index >= 15 is 0 Å². The molecule has 2 amide bonds. The second-order valence-corrected chi connectivity index (χ2v) is 4.38. The van der Waals surface area contributed by atoms with Crippen LogP contribution in [-0.2, 0) is 9.59 Å². The highest BCUT2D eigenvalue weighted by Crippen LogP contribution is 2.07. The molecule has 0 aliphatic carbocycles. The highest BCUT2D eigenvalue weighted by Gasteiger charge is 2.24. The Bertz CT molecular complexity index is 234. The molecule has 2 aliphatic rings. The lowest BCUT2D eigenvalue weighted by molar-refractivity contribution is -0.136. The summed E-state index contributed by atoms with van der Waals surface area (Å²) in [5, 5.41) is 9.00. The van der Waals surface area contributed by atoms with Gasteiger partial charge in [0.1, 0.15) is 0 Å². The van der Waals surface area contributed by atoms with Gasteiger partial charge in [0.25, 0.3) is 0 Å². The summed E-state index contributed by atoms with van der Waals surface area (Å²) < 4.78 is 0. The van der Waals surface area contributed by atoms with E-state index in [2.05, 4.69) is 11.9 Å². The highest BCUT2D eigenvalue weighted by atomic mass is 16.3. The Hall–Kier alpha value is -0.940. The number of carbonyl (C=O) groups excluding carboxylic acids is 2. The van der Waals surface area contributed by atoms with Crippen molar-refractivity contribution in [2.45, 2.75) is 31.8 Å². The number of amides is 2. The smallest absolute Gasteiger partial charge is 0.229 e. The minimum absolute atomic E-state index is 0.0220. The minimum Gasteiger partial charge on any atom is -0.393 e. The van der Waals surface area contributed by atoms with E-state index in [0.29, 0.717) is 12.8 Å². The van der Waals surface area contributed by atoms with Gasteiger partial charge >= 0.3 is 0 Å². The first-order valence-electron chi connectivity index (χ1n) is 5.66. The summed E-state index contributed by atoms with van der Waals surface area (Å²) in [6.45, 7) is 2.11. The van der Waals surface area contributed by atoms with Crippen molar-refractivity contribution < 1.29 is 14.7 Å². The molecule has 0 aromatic heterocycles. The van der Waals surface area contributed by atoms with Gasteiger partial charge in [0.2, 0.25) is 11.8 Å². The number of carbonyl (C=O) groups is 2. The standard InChI is InChI=1S/C6H13NO.C5H7NO2/c1-7-4-2-6(8)3-5-7;1-6-4(7)2-3-5(6)8/h6,8H,2-5H2,1H3;2-3H2,1H3. The molecule has 0 aromatic rings. The van der Waals surface area contributed by atoms with Crippen LogP contribution in [0.15, 0.2) is 0 Å². The van der Waals surface area contributed by atoms with E-state index < -0.39 is 0 Å². The number of aliphatic hydroxyl groups excluding tert-OH is 1. The molecule has 2 aliphatic heterocycles. The van der Waals surface area contributed by atoms with Crippen LogP contribution in [0.2, 0.25) is 0 Å². The molecule has 2 fully saturated rings. The monoisotopic (exact) mass is 228 g/mol. The van der Waals surface area contributed by atoms with Crippen LogP contribution >= 0.6 is 0 Å². The van der Waals surface area contributed by atoms with Gasteiger partial charge in [-0.05, 0) is 19.9 Å². The van der Waals surface area contributed by atoms with Crippen molar-refractivity contribution in [1.82, 2.24) is 9.80 Å². The second kappa shape index (κ2) is 5.96. The van der Waals surface area contributed by atoms with Crippen LogP contribution in [0.3, 0.4) is 0 Å². The van der Waals surface area contributed by atoms with E-state index in [9.17, 15) is 9.59 Å². The highest BCUT2D eigenvalue weighted by molar-refractivity contribution is 6.01. The van der Waals surface area contributed by atoms with Gasteiger partial charge in [0.15, 0.2) is 0 Å². The fourth-order valence-corrected chi connectivity index (χ4v) is 1.68. The first kappa shape index (κ1) is 13.1. The van der Waals surface area contributed by atoms with Crippen LogP contribution in [0.5, 0.6) is 0 Å². The number of piperidine rings is 1. The van der Waals surface area contributed by atoms with Crippen molar-refractivity contribution in [2.75, 3.05) is 27.2 Å². The summed E-state index contributed by atoms with van der Waals surface area (Å²) in [5.74, 6) is -0.120. The van der Waals surface area contributed by atoms with Crippen LogP contribution in [0.1, 0.15) is 25.7 Å². The summed E-state index contributed by atoms with van der Waals surface area (Å²) >= 11 is 0. The van der Waals surface area contributed by atoms with Gasteiger partial charge in [-0.3, -0.25) is 14.5 Å². The van der Waals surface area contributed by atoms with Crippen LogP contribution in [0, 0.1) is 0 Å². The average Bonchev–Trinajstić information content (AvgIpc) is 2.55. The molecule has 0 bridgehead atoms. The Balaban J connectivity index is 0.000000160. The van der Waals surface area contributed by atoms with E-state index in [0.717, 1.165) is 25.9 Å². The van der Waals surface area contributed by atoms with Gasteiger partial charge in [0.05, 0.1) is 6.10 Å². The van der Waals surface area contributed by atoms with E-state index in [1.807, 2.05) is 0 Å². The fourth-order valence-electron chi connectivity index (χ4n) is 1.68. The third kappa shape index (κ3) is 3.90. The Morgan fingerprint density at radius 2 is 1.50 bits per heavy atom. The first-order chi connectivity index (χ1) is 7.50. The Labute approximate surface area is 96.0 Å². The van der Waals surface area contributed by atoms with Crippen molar-refractivity contribution in [2.24, 2.45) is 0 Å². The molecular formula is C11H20N2O3. The largest absolute Gasteiger partial charge is 0.393 e. The molecule has 0 atom stereocenters. The quantitative estimate of drug-likeness (QED) is 0.585. The second-order valence-electron chi connectivity index (χ2n) is 4.38. The van der Waals surface area contributed by atoms with Crippen molar-refractivity contribution in [3.8, 4) is 0 Å². The Morgan fingerprint density at radius 3 is 1.75 bits per heavy atom. The third-order valence-corrected chi connectivity index (χ3v) is 2.99. The molecule has 16 heavy (non-hydrogen) atoms. The molecule has 0 spiro atoms. The predicted molar refractivity (Wildman–Crippen MR) is 59.7 cm³/mol. The van der Waals surface area contributed by atoms with Crippen molar-refractivity contribution in [3.63, 3.8) is 0 Å². The molecule has 0 radical (unpaired) electrons. The SMILES string of the molecule is CN1C(=O)CCC1=O.CN1CCC(O)CC1. The van der Waals surface area contributed by atoms with Gasteiger partial charge in [-0.25, -0.2) is 0 Å². The third-order valence-electron chi connectivity index (χ3n) is 2.99. The molecule has 5 heteroatoms. The summed E-state index contributed by atoms with van der Waals surface area (Å²) in [6, 6.07) is 0. The zero-order valence-electron chi connectivity index (χ0n) is 9.98. The minimum atomic E-state index is -0.0602. The summed E-state index contributed by atoms with van der Waals surface area (Å²) in [4.78, 5) is 24.4. The van der Waals surface area contributed by atoms with Crippen molar-refractivity contribution >= 4 is 11.8 Å². The molecule has 0 unspecified atom stereocenters. The zero-order valence-corrected chi connectivity index (χ0v) is 9.98. The number of hydrogen-bond donors (Lipinski definition) is 1. The van der Waals surface area contributed by atoms with E-state index in [1.165, 1.54) is 11.9 Å². The molecule has 2 saturated heterocycles. The topological polar surface area (TPSA) is 60.9 Å². The molecule has 5 nitrogen and oxygen atoms in total. The lowest BCUT2D eigenvalue weighted by Crippen LogP contribution is -2.32. The van der Waals surface area contributed by atoms with Crippen LogP contribution in [0.25, 0.3) is 0 Å². The van der Waals surface area contributed by atoms with Gasteiger partial charge in [-0.2, -0.15) is 0 Å². The average molecular weight is 228 g/mol. The lowest BCUT2D eigenvalue weighted by atomic mass is 10.1. The zero-order chi connectivity index (χ0) is 12.1. The summed E-state index contributed by atoms with van der Waals surface area (Å²) in [5.41, 5.74) is 0. The van der Waals surface area contributed by atoms with E-state index in [4.69, 9.17) is 5.11 Å². The fraction of sp³-hybridized carbons (Fsp3) is 0.818. The molecule has 1 N–H and O–H groups in total. The molecule has 0 saturated carbocycles. The van der Waals surface area contributed by atoms with E-state index in [-0.39, 0.29) is 17.9 Å². The number of imide groups is 1. The maximum Gasteiger partial charge on any atom is 0.229 e. The van der Waals surface area contributed by atoms with Gasteiger partial charge < -0.3 is 10.0 Å². The van der Waals surface area contributed by atoms with Gasteiger partial charge in [0, 0.05) is 33.0 Å². The van der Waals surface area contributed by atoms with Crippen LogP contribution in [-0.4, -0.2) is 60.0 Å². The molecule has 0 aromatic carbocycles. The van der Waals surface area contributed by atoms with Crippen LogP contribution < -0.4 is 0 Å². The van der Waals surface area contributed by atoms with Gasteiger partial charge in [-0.1, -0.05) is 0 Å². The summed E-state index contributed by atoms with van der Waals surface area (Å²) in [6.07, 6.45) is 2.68. The van der Waals surface area contributed by atoms with Crippen molar-refractivity contribution in [1.29, 1.82) is 0 Å². The molecular weight excluding hydrogens is 208 g/mol. The maximum absolute atomic E-state index is 10.5. The van der Waals surface area contributed by atoms with Crippen LogP contribution in [0.4, 0.5) is 0 Å². The lowest BCUT2D eigenvalue weighted by Gasteiger charge is -2.25. The first-order valence-corrected chi connectivity index (χ1v) is 5.66. The molecule has 2 heterocycles. The number of rotatable bonds is 0. The summed E-state index contributed by atoms with van der Waals surface area (Å²) in [7, 11) is 3.60. The predicted octanol–water partition coefficient (Wildman–Crippen LogP) is -0.162. The molecule has 92 valence electrons. The number of hydrogen-bond acceptors (Lipinski definition) is 4. The maximum atomic E-state index is 10.5. The number of likely N-dealkylation sites (tertiary alicyclic amines) is 2. The van der Waals surface area contributed by atoms with Crippen molar-refractivity contribution in [3.05, 3.63) is 0 Å². The van der Waals surface area contributed by atoms with E-state index in [1.54, 1.807) is 0 Å². The van der Waals surface area contributed by atoms with Gasteiger partial charge in [-0.15, -0.1) is 0 Å². The molecule has 2 rings (SSSR count). The number of nitrogens with zero attached hydrogens (tertiary/aromatic N) is 2. The Kier molecular flexibility index (Phi) is 4.89. The Morgan fingerprint density at radius 1 is 1.06 bits per heavy atom.